The quantitative estimate of drug-likeness (QED) is 0.497. The van der Waals surface area contributed by atoms with Crippen LogP contribution in [0.3, 0.4) is 0 Å². The maximum atomic E-state index is 12.5. The first kappa shape index (κ1) is 19.3. The first-order valence-electron chi connectivity index (χ1n) is 9.95. The molecule has 0 saturated carbocycles. The molecule has 1 N–H and O–H groups in total. The topological polar surface area (TPSA) is 70.7 Å². The number of amides is 1. The highest BCUT2D eigenvalue weighted by Gasteiger charge is 2.35. The number of phenols is 1. The van der Waals surface area contributed by atoms with Gasteiger partial charge in [-0.25, -0.2) is 9.69 Å². The van der Waals surface area contributed by atoms with E-state index in [1.54, 1.807) is 29.5 Å². The molecule has 2 aromatic heterocycles. The van der Waals surface area contributed by atoms with Crippen molar-refractivity contribution in [2.45, 2.75) is 19.4 Å². The highest BCUT2D eigenvalue weighted by molar-refractivity contribution is 7.13. The number of para-hydroxylation sites is 1. The second-order valence-electron chi connectivity index (χ2n) is 7.37. The Balaban J connectivity index is 1.60. The Morgan fingerprint density at radius 1 is 1.10 bits per heavy atom. The first-order valence-corrected chi connectivity index (χ1v) is 10.8. The average Bonchev–Trinajstić information content (AvgIpc) is 3.52. The molecule has 1 amide bonds. The highest BCUT2D eigenvalue weighted by atomic mass is 32.1. The molecule has 1 aliphatic rings. The van der Waals surface area contributed by atoms with Crippen molar-refractivity contribution in [3.63, 3.8) is 0 Å². The Morgan fingerprint density at radius 3 is 2.65 bits per heavy atom. The molecular formula is C24H20N4O2S. The van der Waals surface area contributed by atoms with Crippen LogP contribution in [0.2, 0.25) is 0 Å². The van der Waals surface area contributed by atoms with E-state index in [2.05, 4.69) is 5.10 Å². The summed E-state index contributed by atoms with van der Waals surface area (Å²) in [6.07, 6.45) is 2.54. The summed E-state index contributed by atoms with van der Waals surface area (Å²) < 4.78 is 1.86. The number of benzene rings is 2. The molecule has 0 radical (unpaired) electrons. The largest absolute Gasteiger partial charge is 0.508 e. The molecule has 0 bridgehead atoms. The van der Waals surface area contributed by atoms with Gasteiger partial charge in [0.1, 0.15) is 11.4 Å². The van der Waals surface area contributed by atoms with Crippen LogP contribution in [0.25, 0.3) is 16.3 Å². The van der Waals surface area contributed by atoms with Crippen LogP contribution in [0.15, 0.2) is 83.4 Å². The number of hydrogen-bond acceptors (Lipinski definition) is 5. The van der Waals surface area contributed by atoms with E-state index in [-0.39, 0.29) is 17.7 Å². The van der Waals surface area contributed by atoms with Gasteiger partial charge in [0, 0.05) is 30.7 Å². The number of carbonyl (C=O) groups excluding carboxylic acids is 1. The summed E-state index contributed by atoms with van der Waals surface area (Å²) in [6, 6.07) is 20.7. The maximum Gasteiger partial charge on any atom is 0.240 e. The smallest absolute Gasteiger partial charge is 0.240 e. The van der Waals surface area contributed by atoms with E-state index in [0.29, 0.717) is 6.42 Å². The zero-order valence-corrected chi connectivity index (χ0v) is 17.7. The minimum Gasteiger partial charge on any atom is -0.508 e. The molecule has 7 heteroatoms. The van der Waals surface area contributed by atoms with E-state index in [0.717, 1.165) is 33.1 Å². The fraction of sp³-hybridized carbons (Fsp3) is 0.125. The van der Waals surface area contributed by atoms with Gasteiger partial charge < -0.3 is 5.11 Å². The van der Waals surface area contributed by atoms with E-state index in [4.69, 9.17) is 5.10 Å². The van der Waals surface area contributed by atoms with Crippen LogP contribution in [-0.4, -0.2) is 31.5 Å². The third kappa shape index (κ3) is 3.64. The monoisotopic (exact) mass is 428 g/mol. The van der Waals surface area contributed by atoms with Crippen LogP contribution in [0.5, 0.6) is 5.75 Å². The molecule has 154 valence electrons. The molecule has 0 fully saturated rings. The van der Waals surface area contributed by atoms with Crippen molar-refractivity contribution in [3.8, 4) is 22.0 Å². The van der Waals surface area contributed by atoms with E-state index in [1.807, 2.05) is 64.8 Å². The average molecular weight is 429 g/mol. The number of aromatic hydroxyl groups is 1. The Morgan fingerprint density at radius 2 is 1.94 bits per heavy atom. The molecule has 4 aromatic rings. The van der Waals surface area contributed by atoms with E-state index >= 15 is 0 Å². The predicted octanol–water partition coefficient (Wildman–Crippen LogP) is 5.00. The molecule has 0 aliphatic carbocycles. The molecule has 5 rings (SSSR count). The van der Waals surface area contributed by atoms with Crippen LogP contribution >= 0.6 is 11.3 Å². The van der Waals surface area contributed by atoms with Crippen molar-refractivity contribution < 1.29 is 9.90 Å². The number of thiophene rings is 1. The number of rotatable bonds is 4. The Kier molecular flexibility index (Phi) is 4.88. The standard InChI is InChI=1S/C24H20N4O2S/c1-16(29)28-22(14-21(25-28)17-7-5-10-19(30)13-17)20-15-27(18-8-3-2-4-9-18)26-24(20)23-11-6-12-31-23/h2-13,15,22,30H,14H2,1H3/t22-/m1/s1. The van der Waals surface area contributed by atoms with E-state index < -0.39 is 0 Å². The predicted molar refractivity (Wildman–Crippen MR) is 121 cm³/mol. The fourth-order valence-electron chi connectivity index (χ4n) is 3.85. The normalized spacial score (nSPS) is 15.8. The number of hydrazone groups is 1. The number of hydrogen-bond donors (Lipinski definition) is 1. The molecule has 2 aromatic carbocycles. The molecule has 0 unspecified atom stereocenters. The zero-order chi connectivity index (χ0) is 21.4. The van der Waals surface area contributed by atoms with Crippen LogP contribution in [0.1, 0.15) is 30.5 Å². The Bertz CT molecular complexity index is 1260. The Hall–Kier alpha value is -3.71. The van der Waals surface area contributed by atoms with Crippen molar-refractivity contribution in [2.75, 3.05) is 0 Å². The number of phenolic OH excluding ortho intramolecular Hbond substituents is 1. The van der Waals surface area contributed by atoms with Crippen LogP contribution < -0.4 is 0 Å². The minimum absolute atomic E-state index is 0.134. The highest BCUT2D eigenvalue weighted by Crippen LogP contribution is 2.39. The molecule has 1 aliphatic heterocycles. The second kappa shape index (κ2) is 7.85. The van der Waals surface area contributed by atoms with Gasteiger partial charge in [-0.2, -0.15) is 10.2 Å². The van der Waals surface area contributed by atoms with Gasteiger partial charge in [0.25, 0.3) is 0 Å². The van der Waals surface area contributed by atoms with Crippen molar-refractivity contribution >= 4 is 23.0 Å². The summed E-state index contributed by atoms with van der Waals surface area (Å²) in [5, 5.41) is 22.9. The fourth-order valence-corrected chi connectivity index (χ4v) is 4.58. The molecule has 3 heterocycles. The summed E-state index contributed by atoms with van der Waals surface area (Å²) in [5.41, 5.74) is 4.32. The van der Waals surface area contributed by atoms with Crippen LogP contribution in [0.4, 0.5) is 0 Å². The maximum absolute atomic E-state index is 12.5. The third-order valence-electron chi connectivity index (χ3n) is 5.29. The first-order chi connectivity index (χ1) is 15.1. The summed E-state index contributed by atoms with van der Waals surface area (Å²) in [4.78, 5) is 13.5. The third-order valence-corrected chi connectivity index (χ3v) is 6.17. The minimum atomic E-state index is -0.274. The van der Waals surface area contributed by atoms with Gasteiger partial charge >= 0.3 is 0 Å². The number of aromatic nitrogens is 2. The van der Waals surface area contributed by atoms with Crippen molar-refractivity contribution in [3.05, 3.63) is 89.4 Å². The molecule has 0 spiro atoms. The van der Waals surface area contributed by atoms with Crippen molar-refractivity contribution in [2.24, 2.45) is 5.10 Å². The van der Waals surface area contributed by atoms with E-state index in [1.165, 1.54) is 11.9 Å². The molecule has 6 nitrogen and oxygen atoms in total. The van der Waals surface area contributed by atoms with Crippen LogP contribution in [0, 0.1) is 0 Å². The second-order valence-corrected chi connectivity index (χ2v) is 8.32. The van der Waals surface area contributed by atoms with Gasteiger partial charge in [-0.3, -0.25) is 4.79 Å². The molecular weight excluding hydrogens is 408 g/mol. The number of carbonyl (C=O) groups is 1. The lowest BCUT2D eigenvalue weighted by atomic mass is 9.98. The summed E-state index contributed by atoms with van der Waals surface area (Å²) in [6.45, 7) is 1.52. The van der Waals surface area contributed by atoms with Crippen LogP contribution in [-0.2, 0) is 4.79 Å². The molecule has 0 saturated heterocycles. The summed E-state index contributed by atoms with van der Waals surface area (Å²) in [5.74, 6) is 0.0407. The van der Waals surface area contributed by atoms with Crippen molar-refractivity contribution in [1.82, 2.24) is 14.8 Å². The SMILES string of the molecule is CC(=O)N1N=C(c2cccc(O)c2)C[C@@H]1c1cn(-c2ccccc2)nc1-c1cccs1. The lowest BCUT2D eigenvalue weighted by Crippen LogP contribution is -2.24. The molecule has 31 heavy (non-hydrogen) atoms. The van der Waals surface area contributed by atoms with Gasteiger partial charge in [-0.15, -0.1) is 11.3 Å². The lowest BCUT2D eigenvalue weighted by Gasteiger charge is -2.19. The zero-order valence-electron chi connectivity index (χ0n) is 16.8. The number of nitrogens with zero attached hydrogens (tertiary/aromatic N) is 4. The van der Waals surface area contributed by atoms with Gasteiger partial charge in [0.05, 0.1) is 22.3 Å². The van der Waals surface area contributed by atoms with E-state index in [9.17, 15) is 9.90 Å². The van der Waals surface area contributed by atoms with Gasteiger partial charge in [-0.05, 0) is 35.7 Å². The summed E-state index contributed by atoms with van der Waals surface area (Å²) in [7, 11) is 0. The van der Waals surface area contributed by atoms with Gasteiger partial charge in [-0.1, -0.05) is 36.4 Å². The summed E-state index contributed by atoms with van der Waals surface area (Å²) >= 11 is 1.62. The Labute approximate surface area is 183 Å². The molecule has 1 atom stereocenters. The van der Waals surface area contributed by atoms with Gasteiger partial charge in [0.15, 0.2) is 0 Å². The lowest BCUT2D eigenvalue weighted by molar-refractivity contribution is -0.130. The van der Waals surface area contributed by atoms with Crippen molar-refractivity contribution in [1.29, 1.82) is 0 Å². The van der Waals surface area contributed by atoms with Gasteiger partial charge in [0.2, 0.25) is 5.91 Å².